The number of rotatable bonds is 2. The molecule has 0 radical (unpaired) electrons. The van der Waals surface area contributed by atoms with Gasteiger partial charge in [-0.15, -0.1) is 0 Å². The summed E-state index contributed by atoms with van der Waals surface area (Å²) in [6.45, 7) is 3.11. The van der Waals surface area contributed by atoms with Crippen LogP contribution in [-0.4, -0.2) is 56.6 Å². The fourth-order valence-corrected chi connectivity index (χ4v) is 0.671. The predicted molar refractivity (Wildman–Crippen MR) is 41.8 cm³/mol. The molecule has 0 atom stereocenters. The number of hydrogen-bond acceptors (Lipinski definition) is 3. The molecule has 0 rings (SSSR count). The van der Waals surface area contributed by atoms with Gasteiger partial charge in [0.15, 0.2) is 0 Å². The average Bonchev–Trinajstić information content (AvgIpc) is 1.68. The van der Waals surface area contributed by atoms with Gasteiger partial charge in [0.25, 0.3) is 0 Å². The fourth-order valence-electron chi connectivity index (χ4n) is 0.224. The van der Waals surface area contributed by atoms with Crippen LogP contribution < -0.4 is 0 Å². The van der Waals surface area contributed by atoms with E-state index in [0.29, 0.717) is 0 Å². The molecule has 0 amide bonds. The zero-order chi connectivity index (χ0) is 6.86. The molecule has 3 N–H and O–H groups in total. The van der Waals surface area contributed by atoms with Gasteiger partial charge in [0.05, 0.1) is 0 Å². The van der Waals surface area contributed by atoms with Gasteiger partial charge in [-0.2, -0.15) is 0 Å². The molecule has 0 bridgehead atoms. The Labute approximate surface area is 77.6 Å². The van der Waals surface area contributed by atoms with Gasteiger partial charge in [-0.1, -0.05) is 0 Å². The molecule has 0 aliphatic heterocycles. The third-order valence-electron chi connectivity index (χ3n) is 1.30. The van der Waals surface area contributed by atoms with Crippen LogP contribution in [0.25, 0.3) is 0 Å². The summed E-state index contributed by atoms with van der Waals surface area (Å²) in [6, 6.07) is 0. The van der Waals surface area contributed by atoms with Gasteiger partial charge in [-0.05, 0) is 0 Å². The normalized spacial score (nSPS) is 15.4. The van der Waals surface area contributed by atoms with Crippen molar-refractivity contribution in [2.75, 3.05) is 12.3 Å². The SMILES string of the molecule is CCP(O)(O)(O)CC.[NaH]. The van der Waals surface area contributed by atoms with E-state index in [-0.39, 0.29) is 41.9 Å². The van der Waals surface area contributed by atoms with Crippen LogP contribution in [0.1, 0.15) is 13.8 Å². The Morgan fingerprint density at radius 3 is 1.22 bits per heavy atom. The van der Waals surface area contributed by atoms with Crippen LogP contribution in [0, 0.1) is 0 Å². The predicted octanol–water partition coefficient (Wildman–Crippen LogP) is -0.347. The van der Waals surface area contributed by atoms with Crippen LogP contribution >= 0.6 is 7.28 Å². The molecule has 0 aliphatic carbocycles. The minimum absolute atomic E-state index is 0. The molecule has 5 heteroatoms. The van der Waals surface area contributed by atoms with Gasteiger partial charge in [-0.3, -0.25) is 0 Å². The first-order chi connectivity index (χ1) is 3.39. The summed E-state index contributed by atoms with van der Waals surface area (Å²) >= 11 is 0. The van der Waals surface area contributed by atoms with E-state index in [9.17, 15) is 0 Å². The Kier molecular flexibility index (Phi) is 5.22. The topological polar surface area (TPSA) is 60.7 Å². The molecule has 54 valence electrons. The van der Waals surface area contributed by atoms with E-state index in [0.717, 1.165) is 0 Å². The molecule has 0 saturated carbocycles. The Bertz CT molecular complexity index is 79.5. The van der Waals surface area contributed by atoms with Crippen molar-refractivity contribution in [2.45, 2.75) is 13.8 Å². The van der Waals surface area contributed by atoms with E-state index in [1.54, 1.807) is 13.8 Å². The summed E-state index contributed by atoms with van der Waals surface area (Å²) in [7, 11) is -4.10. The van der Waals surface area contributed by atoms with E-state index in [4.69, 9.17) is 14.7 Å². The maximum atomic E-state index is 8.84. The third kappa shape index (κ3) is 5.74. The Balaban J connectivity index is 0. The van der Waals surface area contributed by atoms with Crippen molar-refractivity contribution in [3.63, 3.8) is 0 Å². The van der Waals surface area contributed by atoms with Crippen molar-refractivity contribution in [2.24, 2.45) is 0 Å². The molecule has 0 aliphatic rings. The second-order valence-electron chi connectivity index (χ2n) is 1.97. The van der Waals surface area contributed by atoms with Crippen LogP contribution in [0.2, 0.25) is 0 Å². The van der Waals surface area contributed by atoms with Crippen molar-refractivity contribution in [1.82, 2.24) is 0 Å². The number of hydrogen-bond donors (Lipinski definition) is 3. The molecule has 0 aromatic carbocycles. The molecule has 0 unspecified atom stereocenters. The molecule has 0 aromatic rings. The quantitative estimate of drug-likeness (QED) is 0.386. The maximum absolute atomic E-state index is 8.84. The monoisotopic (exact) mass is 164 g/mol. The zero-order valence-corrected chi connectivity index (χ0v) is 6.10. The first-order valence-corrected chi connectivity index (χ1v) is 5.11. The van der Waals surface area contributed by atoms with Crippen molar-refractivity contribution >= 4 is 36.8 Å². The summed E-state index contributed by atoms with van der Waals surface area (Å²) in [5.74, 6) is 0. The van der Waals surface area contributed by atoms with Crippen molar-refractivity contribution in [1.29, 1.82) is 0 Å². The van der Waals surface area contributed by atoms with E-state index >= 15 is 0 Å². The van der Waals surface area contributed by atoms with E-state index < -0.39 is 7.28 Å². The standard InChI is InChI=1S/C4H13O3P.Na.H/c1-3-8(5,6,7)4-2;;/h5-7H,3-4H2,1-2H3;;. The molecule has 0 fully saturated rings. The molecule has 3 nitrogen and oxygen atoms in total. The summed E-state index contributed by atoms with van der Waals surface area (Å²) in [4.78, 5) is 26.5. The second kappa shape index (κ2) is 3.63. The molecule has 0 aromatic heterocycles. The van der Waals surface area contributed by atoms with Crippen LogP contribution in [0.15, 0.2) is 0 Å². The van der Waals surface area contributed by atoms with Crippen molar-refractivity contribution in [3.05, 3.63) is 0 Å². The second-order valence-corrected chi connectivity index (χ2v) is 5.92. The van der Waals surface area contributed by atoms with E-state index in [2.05, 4.69) is 0 Å². The minimum atomic E-state index is -4.10. The summed E-state index contributed by atoms with van der Waals surface area (Å²) in [5, 5.41) is 0. The van der Waals surface area contributed by atoms with Gasteiger partial charge < -0.3 is 0 Å². The third-order valence-corrected chi connectivity index (χ3v) is 3.89. The first-order valence-electron chi connectivity index (χ1n) is 2.65. The molecular weight excluding hydrogens is 150 g/mol. The van der Waals surface area contributed by atoms with Crippen molar-refractivity contribution < 1.29 is 14.7 Å². The van der Waals surface area contributed by atoms with Crippen LogP contribution in [0.5, 0.6) is 0 Å². The Hall–Kier alpha value is 1.31. The van der Waals surface area contributed by atoms with Crippen LogP contribution in [0.3, 0.4) is 0 Å². The van der Waals surface area contributed by atoms with Gasteiger partial charge in [0.2, 0.25) is 0 Å². The van der Waals surface area contributed by atoms with E-state index in [1.165, 1.54) is 0 Å². The summed E-state index contributed by atoms with van der Waals surface area (Å²) in [6.07, 6.45) is 0.115. The van der Waals surface area contributed by atoms with Crippen molar-refractivity contribution in [3.8, 4) is 0 Å². The summed E-state index contributed by atoms with van der Waals surface area (Å²) in [5.41, 5.74) is 0. The average molecular weight is 164 g/mol. The van der Waals surface area contributed by atoms with Gasteiger partial charge >= 0.3 is 77.7 Å². The summed E-state index contributed by atoms with van der Waals surface area (Å²) < 4.78 is 0. The van der Waals surface area contributed by atoms with Crippen LogP contribution in [-0.2, 0) is 0 Å². The van der Waals surface area contributed by atoms with Gasteiger partial charge in [0.1, 0.15) is 0 Å². The Morgan fingerprint density at radius 1 is 1.00 bits per heavy atom. The first kappa shape index (κ1) is 12.9. The molecule has 0 heterocycles. The molecule has 0 saturated heterocycles. The van der Waals surface area contributed by atoms with Crippen LogP contribution in [0.4, 0.5) is 0 Å². The fraction of sp³-hybridized carbons (Fsp3) is 1.00. The van der Waals surface area contributed by atoms with Gasteiger partial charge in [0, 0.05) is 0 Å². The van der Waals surface area contributed by atoms with E-state index in [1.807, 2.05) is 0 Å². The Morgan fingerprint density at radius 2 is 1.22 bits per heavy atom. The zero-order valence-electron chi connectivity index (χ0n) is 5.20. The molecular formula is C4H14NaO3P. The van der Waals surface area contributed by atoms with Gasteiger partial charge in [-0.25, -0.2) is 0 Å². The molecule has 9 heavy (non-hydrogen) atoms. The molecule has 0 spiro atoms.